The molecule has 21 heavy (non-hydrogen) atoms. The van der Waals surface area contributed by atoms with Gasteiger partial charge in [-0.15, -0.1) is 0 Å². The molecule has 0 aromatic heterocycles. The summed E-state index contributed by atoms with van der Waals surface area (Å²) in [5.74, 6) is 0.804. The van der Waals surface area contributed by atoms with E-state index in [4.69, 9.17) is 0 Å². The minimum absolute atomic E-state index is 0.00373. The summed E-state index contributed by atoms with van der Waals surface area (Å²) in [5.41, 5.74) is 0.931. The molecule has 112 valence electrons. The van der Waals surface area contributed by atoms with Gasteiger partial charge >= 0.3 is 0 Å². The molecule has 2 saturated heterocycles. The van der Waals surface area contributed by atoms with Gasteiger partial charge in [0.1, 0.15) is 5.69 Å². The molecule has 0 aliphatic carbocycles. The molecule has 0 spiro atoms. The second kappa shape index (κ2) is 5.33. The van der Waals surface area contributed by atoms with Crippen molar-refractivity contribution in [3.8, 4) is 0 Å². The quantitative estimate of drug-likeness (QED) is 0.629. The van der Waals surface area contributed by atoms with Gasteiger partial charge in [0.2, 0.25) is 0 Å². The number of carbonyl (C=O) groups is 1. The number of fused-ring (bicyclic) bond motifs is 1. The van der Waals surface area contributed by atoms with Crippen molar-refractivity contribution < 1.29 is 9.72 Å². The molecule has 7 heteroatoms. The van der Waals surface area contributed by atoms with E-state index in [1.807, 2.05) is 0 Å². The lowest BCUT2D eigenvalue weighted by atomic mass is 10.0. The molecule has 2 aliphatic heterocycles. The first-order valence-corrected chi connectivity index (χ1v) is 7.06. The zero-order valence-corrected chi connectivity index (χ0v) is 11.8. The molecule has 2 aliphatic rings. The van der Waals surface area contributed by atoms with Crippen molar-refractivity contribution in [3.05, 3.63) is 33.9 Å². The Morgan fingerprint density at radius 1 is 1.38 bits per heavy atom. The number of nitro groups is 1. The first-order valence-electron chi connectivity index (χ1n) is 7.06. The predicted molar refractivity (Wildman–Crippen MR) is 78.5 cm³/mol. The molecule has 3 rings (SSSR count). The molecule has 1 aromatic carbocycles. The lowest BCUT2D eigenvalue weighted by molar-refractivity contribution is -0.384. The number of nitro benzene ring substituents is 1. The highest BCUT2D eigenvalue weighted by atomic mass is 16.6. The van der Waals surface area contributed by atoms with Crippen LogP contribution in [0.3, 0.4) is 0 Å². The van der Waals surface area contributed by atoms with E-state index in [0.29, 0.717) is 23.1 Å². The van der Waals surface area contributed by atoms with Gasteiger partial charge < -0.3 is 15.5 Å². The smallest absolute Gasteiger partial charge is 0.293 e. The molecular weight excluding hydrogens is 272 g/mol. The first kappa shape index (κ1) is 13.8. The van der Waals surface area contributed by atoms with Crippen LogP contribution in [0.15, 0.2) is 18.2 Å². The molecule has 0 bridgehead atoms. The minimum Gasteiger partial charge on any atom is -0.365 e. The van der Waals surface area contributed by atoms with Gasteiger partial charge in [-0.3, -0.25) is 14.9 Å². The summed E-state index contributed by atoms with van der Waals surface area (Å²) >= 11 is 0. The third-order valence-corrected chi connectivity index (χ3v) is 4.39. The molecule has 2 N–H and O–H groups in total. The number of amides is 1. The SMILES string of the molecule is CNC(=O)c1ccc(N2CC3CNCC3C2)c([N+](=O)[O-])c1. The zero-order valence-electron chi connectivity index (χ0n) is 11.8. The Hall–Kier alpha value is -2.15. The topological polar surface area (TPSA) is 87.5 Å². The van der Waals surface area contributed by atoms with Crippen molar-refractivity contribution in [2.24, 2.45) is 11.8 Å². The van der Waals surface area contributed by atoms with E-state index >= 15 is 0 Å². The van der Waals surface area contributed by atoms with E-state index in [1.165, 1.54) is 13.1 Å². The Morgan fingerprint density at radius 3 is 2.62 bits per heavy atom. The van der Waals surface area contributed by atoms with Crippen molar-refractivity contribution in [2.75, 3.05) is 38.1 Å². The van der Waals surface area contributed by atoms with Crippen LogP contribution < -0.4 is 15.5 Å². The van der Waals surface area contributed by atoms with Crippen LogP contribution in [0, 0.1) is 22.0 Å². The van der Waals surface area contributed by atoms with Crippen LogP contribution in [-0.4, -0.2) is 44.1 Å². The Morgan fingerprint density at radius 2 is 2.05 bits per heavy atom. The molecule has 2 unspecified atom stereocenters. The van der Waals surface area contributed by atoms with Crippen LogP contribution in [0.25, 0.3) is 0 Å². The highest BCUT2D eigenvalue weighted by molar-refractivity contribution is 5.95. The summed E-state index contributed by atoms with van der Waals surface area (Å²) in [5, 5.41) is 17.2. The lowest BCUT2D eigenvalue weighted by Crippen LogP contribution is -2.26. The number of benzene rings is 1. The number of nitrogens with one attached hydrogen (secondary N) is 2. The molecule has 0 saturated carbocycles. The Balaban J connectivity index is 1.91. The lowest BCUT2D eigenvalue weighted by Gasteiger charge is -2.19. The van der Waals surface area contributed by atoms with Crippen molar-refractivity contribution in [1.29, 1.82) is 0 Å². The third-order valence-electron chi connectivity index (χ3n) is 4.39. The van der Waals surface area contributed by atoms with Crippen molar-refractivity contribution >= 4 is 17.3 Å². The van der Waals surface area contributed by atoms with Crippen LogP contribution >= 0.6 is 0 Å². The van der Waals surface area contributed by atoms with Crippen molar-refractivity contribution in [1.82, 2.24) is 10.6 Å². The van der Waals surface area contributed by atoms with Crippen LogP contribution in [0.5, 0.6) is 0 Å². The average molecular weight is 290 g/mol. The van der Waals surface area contributed by atoms with E-state index in [0.717, 1.165) is 26.2 Å². The Labute approximate surface area is 122 Å². The van der Waals surface area contributed by atoms with E-state index < -0.39 is 4.92 Å². The summed E-state index contributed by atoms with van der Waals surface area (Å²) in [6.07, 6.45) is 0. The number of hydrogen-bond donors (Lipinski definition) is 2. The monoisotopic (exact) mass is 290 g/mol. The molecule has 0 radical (unpaired) electrons. The normalized spacial score (nSPS) is 24.0. The van der Waals surface area contributed by atoms with Crippen LogP contribution in [-0.2, 0) is 0 Å². The fraction of sp³-hybridized carbons (Fsp3) is 0.500. The third kappa shape index (κ3) is 2.44. The average Bonchev–Trinajstić information content (AvgIpc) is 3.06. The van der Waals surface area contributed by atoms with Gasteiger partial charge in [-0.25, -0.2) is 0 Å². The zero-order chi connectivity index (χ0) is 15.0. The Bertz CT molecular complexity index is 578. The molecule has 2 atom stereocenters. The van der Waals surface area contributed by atoms with Crippen LogP contribution in [0.2, 0.25) is 0 Å². The number of nitrogens with zero attached hydrogens (tertiary/aromatic N) is 2. The van der Waals surface area contributed by atoms with E-state index in [2.05, 4.69) is 15.5 Å². The Kier molecular flexibility index (Phi) is 3.50. The second-order valence-electron chi connectivity index (χ2n) is 5.62. The number of anilines is 1. The summed E-state index contributed by atoms with van der Waals surface area (Å²) in [4.78, 5) is 24.6. The maximum Gasteiger partial charge on any atom is 0.293 e. The predicted octanol–water partition coefficient (Wildman–Crippen LogP) is 0.610. The summed E-state index contributed by atoms with van der Waals surface area (Å²) < 4.78 is 0. The van der Waals surface area contributed by atoms with Crippen molar-refractivity contribution in [2.45, 2.75) is 0 Å². The highest BCUT2D eigenvalue weighted by Gasteiger charge is 2.38. The highest BCUT2D eigenvalue weighted by Crippen LogP contribution is 2.36. The molecule has 2 fully saturated rings. The number of rotatable bonds is 3. The summed E-state index contributed by atoms with van der Waals surface area (Å²) in [6.45, 7) is 3.62. The maximum absolute atomic E-state index is 11.6. The van der Waals surface area contributed by atoms with E-state index in [1.54, 1.807) is 12.1 Å². The van der Waals surface area contributed by atoms with Gasteiger partial charge in [-0.1, -0.05) is 0 Å². The van der Waals surface area contributed by atoms with E-state index in [-0.39, 0.29) is 11.6 Å². The maximum atomic E-state index is 11.6. The van der Waals surface area contributed by atoms with Crippen LogP contribution in [0.4, 0.5) is 11.4 Å². The fourth-order valence-electron chi connectivity index (χ4n) is 3.27. The van der Waals surface area contributed by atoms with E-state index in [9.17, 15) is 14.9 Å². The standard InChI is InChI=1S/C14H18N4O3/c1-15-14(19)9-2-3-12(13(4-9)18(20)21)17-7-10-5-16-6-11(10)8-17/h2-4,10-11,16H,5-8H2,1H3,(H,15,19). The van der Waals surface area contributed by atoms with Crippen molar-refractivity contribution in [3.63, 3.8) is 0 Å². The van der Waals surface area contributed by atoms with Gasteiger partial charge in [0, 0.05) is 44.9 Å². The minimum atomic E-state index is -0.409. The second-order valence-corrected chi connectivity index (χ2v) is 5.62. The molecule has 1 amide bonds. The van der Waals surface area contributed by atoms with Gasteiger partial charge in [-0.2, -0.15) is 0 Å². The first-order chi connectivity index (χ1) is 10.1. The molecule has 1 aromatic rings. The van der Waals surface area contributed by atoms with Gasteiger partial charge in [0.05, 0.1) is 4.92 Å². The molecular formula is C14H18N4O3. The summed E-state index contributed by atoms with van der Waals surface area (Å²) in [7, 11) is 1.51. The largest absolute Gasteiger partial charge is 0.365 e. The molecule has 7 nitrogen and oxygen atoms in total. The van der Waals surface area contributed by atoms with Crippen LogP contribution in [0.1, 0.15) is 10.4 Å². The fourth-order valence-corrected chi connectivity index (χ4v) is 3.27. The van der Waals surface area contributed by atoms with Gasteiger partial charge in [0.25, 0.3) is 11.6 Å². The van der Waals surface area contributed by atoms with Gasteiger partial charge in [-0.05, 0) is 24.0 Å². The summed E-state index contributed by atoms with van der Waals surface area (Å²) in [6, 6.07) is 4.70. The number of carbonyl (C=O) groups excluding carboxylic acids is 1. The molecule has 2 heterocycles. The number of hydrogen-bond acceptors (Lipinski definition) is 5. The van der Waals surface area contributed by atoms with Gasteiger partial charge in [0.15, 0.2) is 0 Å².